The van der Waals surface area contributed by atoms with Crippen LogP contribution in [0.25, 0.3) is 0 Å². The first kappa shape index (κ1) is 10.7. The monoisotopic (exact) mass is 221 g/mol. The van der Waals surface area contributed by atoms with Gasteiger partial charge in [-0.3, -0.25) is 4.68 Å². The van der Waals surface area contributed by atoms with Crippen molar-refractivity contribution in [3.8, 4) is 0 Å². The van der Waals surface area contributed by atoms with Crippen molar-refractivity contribution in [2.24, 2.45) is 7.05 Å². The first-order valence-corrected chi connectivity index (χ1v) is 5.06. The van der Waals surface area contributed by atoms with Crippen LogP contribution in [0.4, 0.5) is 11.8 Å². The standard InChI is InChI=1S/C10H15N5O/c1-14-9(3-4-12-14)13-10-11-5-6-15(10)7-8-16-2/h3-6H,7-8H2,1-2H3,(H,11,13). The van der Waals surface area contributed by atoms with Gasteiger partial charge in [-0.1, -0.05) is 0 Å². The third-order valence-electron chi connectivity index (χ3n) is 2.31. The van der Waals surface area contributed by atoms with Gasteiger partial charge in [-0.15, -0.1) is 0 Å². The maximum atomic E-state index is 5.04. The van der Waals surface area contributed by atoms with Gasteiger partial charge >= 0.3 is 0 Å². The molecule has 0 fully saturated rings. The Labute approximate surface area is 93.9 Å². The van der Waals surface area contributed by atoms with Crippen LogP contribution >= 0.6 is 0 Å². The van der Waals surface area contributed by atoms with E-state index in [0.29, 0.717) is 6.61 Å². The van der Waals surface area contributed by atoms with E-state index in [1.54, 1.807) is 24.2 Å². The second-order valence-corrected chi connectivity index (χ2v) is 3.40. The smallest absolute Gasteiger partial charge is 0.208 e. The average molecular weight is 221 g/mol. The molecule has 2 heterocycles. The Bertz CT molecular complexity index is 448. The molecule has 0 aliphatic carbocycles. The van der Waals surface area contributed by atoms with Gasteiger partial charge in [0.05, 0.1) is 12.8 Å². The second kappa shape index (κ2) is 4.80. The molecule has 0 saturated heterocycles. The fourth-order valence-electron chi connectivity index (χ4n) is 1.41. The van der Waals surface area contributed by atoms with Crippen LogP contribution in [0.15, 0.2) is 24.7 Å². The molecule has 0 bridgehead atoms. The number of ether oxygens (including phenoxy) is 1. The number of methoxy groups -OCH3 is 1. The molecule has 86 valence electrons. The molecule has 2 rings (SSSR count). The van der Waals surface area contributed by atoms with Crippen molar-refractivity contribution in [3.05, 3.63) is 24.7 Å². The van der Waals surface area contributed by atoms with E-state index >= 15 is 0 Å². The normalized spacial score (nSPS) is 10.6. The molecule has 2 aromatic heterocycles. The van der Waals surface area contributed by atoms with E-state index in [2.05, 4.69) is 15.4 Å². The fraction of sp³-hybridized carbons (Fsp3) is 0.400. The molecule has 0 amide bonds. The number of hydrogen-bond acceptors (Lipinski definition) is 4. The van der Waals surface area contributed by atoms with Crippen molar-refractivity contribution in [1.82, 2.24) is 19.3 Å². The fourth-order valence-corrected chi connectivity index (χ4v) is 1.41. The average Bonchev–Trinajstić information content (AvgIpc) is 2.87. The van der Waals surface area contributed by atoms with E-state index in [1.165, 1.54) is 0 Å². The van der Waals surface area contributed by atoms with Crippen LogP contribution in [0.1, 0.15) is 0 Å². The van der Waals surface area contributed by atoms with Gasteiger partial charge < -0.3 is 14.6 Å². The molecule has 0 aliphatic rings. The van der Waals surface area contributed by atoms with Gasteiger partial charge in [0, 0.05) is 39.2 Å². The number of anilines is 2. The number of rotatable bonds is 5. The summed E-state index contributed by atoms with van der Waals surface area (Å²) >= 11 is 0. The van der Waals surface area contributed by atoms with E-state index in [1.807, 2.05) is 23.9 Å². The summed E-state index contributed by atoms with van der Waals surface area (Å²) in [6.45, 7) is 1.44. The summed E-state index contributed by atoms with van der Waals surface area (Å²) in [5.41, 5.74) is 0. The van der Waals surface area contributed by atoms with Crippen LogP contribution < -0.4 is 5.32 Å². The summed E-state index contributed by atoms with van der Waals surface area (Å²) < 4.78 is 8.79. The van der Waals surface area contributed by atoms with E-state index in [9.17, 15) is 0 Å². The van der Waals surface area contributed by atoms with Gasteiger partial charge in [-0.2, -0.15) is 5.10 Å². The maximum absolute atomic E-state index is 5.04. The first-order valence-electron chi connectivity index (χ1n) is 5.06. The van der Waals surface area contributed by atoms with Crippen molar-refractivity contribution in [2.45, 2.75) is 6.54 Å². The second-order valence-electron chi connectivity index (χ2n) is 3.40. The number of hydrogen-bond donors (Lipinski definition) is 1. The molecule has 0 saturated carbocycles. The number of nitrogens with zero attached hydrogens (tertiary/aromatic N) is 4. The Morgan fingerprint density at radius 2 is 2.31 bits per heavy atom. The van der Waals surface area contributed by atoms with Crippen LogP contribution in [0.3, 0.4) is 0 Å². The molecule has 0 aliphatic heterocycles. The van der Waals surface area contributed by atoms with E-state index in [-0.39, 0.29) is 0 Å². The number of aromatic nitrogens is 4. The molecular formula is C10H15N5O. The zero-order valence-electron chi connectivity index (χ0n) is 9.42. The molecule has 0 aromatic carbocycles. The number of aryl methyl sites for hydroxylation is 1. The molecule has 6 nitrogen and oxygen atoms in total. The molecule has 0 radical (unpaired) electrons. The van der Waals surface area contributed by atoms with E-state index < -0.39 is 0 Å². The van der Waals surface area contributed by atoms with Crippen LogP contribution in [-0.4, -0.2) is 33.0 Å². The van der Waals surface area contributed by atoms with Crippen LogP contribution in [0.2, 0.25) is 0 Å². The van der Waals surface area contributed by atoms with Crippen LogP contribution in [0.5, 0.6) is 0 Å². The lowest BCUT2D eigenvalue weighted by atomic mass is 10.6. The Morgan fingerprint density at radius 1 is 1.44 bits per heavy atom. The number of imidazole rings is 1. The Kier molecular flexibility index (Phi) is 3.21. The zero-order chi connectivity index (χ0) is 11.4. The summed E-state index contributed by atoms with van der Waals surface area (Å²) in [6, 6.07) is 1.90. The van der Waals surface area contributed by atoms with Crippen molar-refractivity contribution < 1.29 is 4.74 Å². The van der Waals surface area contributed by atoms with Gasteiger partial charge in [0.1, 0.15) is 5.82 Å². The lowest BCUT2D eigenvalue weighted by Crippen LogP contribution is -2.08. The van der Waals surface area contributed by atoms with Crippen molar-refractivity contribution in [2.75, 3.05) is 19.0 Å². The molecule has 0 unspecified atom stereocenters. The molecule has 0 spiro atoms. The van der Waals surface area contributed by atoms with Gasteiger partial charge in [-0.05, 0) is 0 Å². The predicted octanol–water partition coefficient (Wildman–Crippen LogP) is 1.01. The SMILES string of the molecule is COCCn1ccnc1Nc1ccnn1C. The minimum atomic E-state index is 0.663. The summed E-state index contributed by atoms with van der Waals surface area (Å²) in [7, 11) is 3.57. The van der Waals surface area contributed by atoms with Crippen LogP contribution in [-0.2, 0) is 18.3 Å². The Balaban J connectivity index is 2.09. The van der Waals surface area contributed by atoms with E-state index in [0.717, 1.165) is 18.3 Å². The molecule has 0 atom stereocenters. The number of nitrogens with one attached hydrogen (secondary N) is 1. The highest BCUT2D eigenvalue weighted by Crippen LogP contribution is 2.13. The molecular weight excluding hydrogens is 206 g/mol. The molecule has 1 N–H and O–H groups in total. The zero-order valence-corrected chi connectivity index (χ0v) is 9.42. The minimum Gasteiger partial charge on any atom is -0.383 e. The Morgan fingerprint density at radius 3 is 3.00 bits per heavy atom. The highest BCUT2D eigenvalue weighted by atomic mass is 16.5. The maximum Gasteiger partial charge on any atom is 0.208 e. The molecule has 2 aromatic rings. The first-order chi connectivity index (χ1) is 7.81. The Hall–Kier alpha value is -1.82. The summed E-state index contributed by atoms with van der Waals surface area (Å²) in [4.78, 5) is 4.24. The van der Waals surface area contributed by atoms with Crippen molar-refractivity contribution >= 4 is 11.8 Å². The predicted molar refractivity (Wildman–Crippen MR) is 60.6 cm³/mol. The summed E-state index contributed by atoms with van der Waals surface area (Å²) in [5.74, 6) is 1.70. The van der Waals surface area contributed by atoms with Crippen molar-refractivity contribution in [3.63, 3.8) is 0 Å². The quantitative estimate of drug-likeness (QED) is 0.818. The lowest BCUT2D eigenvalue weighted by molar-refractivity contribution is 0.188. The molecule has 6 heteroatoms. The summed E-state index contributed by atoms with van der Waals surface area (Å²) in [5, 5.41) is 7.29. The van der Waals surface area contributed by atoms with Gasteiger partial charge in [0.15, 0.2) is 0 Å². The van der Waals surface area contributed by atoms with Crippen LogP contribution in [0, 0.1) is 0 Å². The third kappa shape index (κ3) is 2.22. The van der Waals surface area contributed by atoms with Crippen molar-refractivity contribution in [1.29, 1.82) is 0 Å². The topological polar surface area (TPSA) is 56.9 Å². The lowest BCUT2D eigenvalue weighted by Gasteiger charge is -2.09. The highest BCUT2D eigenvalue weighted by Gasteiger charge is 2.04. The largest absolute Gasteiger partial charge is 0.383 e. The molecule has 16 heavy (non-hydrogen) atoms. The summed E-state index contributed by atoms with van der Waals surface area (Å²) in [6.07, 6.45) is 5.41. The van der Waals surface area contributed by atoms with Gasteiger partial charge in [0.25, 0.3) is 0 Å². The van der Waals surface area contributed by atoms with Gasteiger partial charge in [0.2, 0.25) is 5.95 Å². The highest BCUT2D eigenvalue weighted by molar-refractivity contribution is 5.47. The van der Waals surface area contributed by atoms with E-state index in [4.69, 9.17) is 4.74 Å². The van der Waals surface area contributed by atoms with Gasteiger partial charge in [-0.25, -0.2) is 4.98 Å². The minimum absolute atomic E-state index is 0.663. The third-order valence-corrected chi connectivity index (χ3v) is 2.31.